The van der Waals surface area contributed by atoms with Crippen LogP contribution in [0.2, 0.25) is 0 Å². The van der Waals surface area contributed by atoms with E-state index in [1.165, 1.54) is 5.56 Å². The number of rotatable bonds is 3. The normalized spacial score (nSPS) is 9.31. The van der Waals surface area contributed by atoms with Gasteiger partial charge in [-0.25, -0.2) is 0 Å². The molecule has 0 fully saturated rings. The van der Waals surface area contributed by atoms with Crippen LogP contribution in [-0.2, 0) is 6.42 Å². The highest BCUT2D eigenvalue weighted by Crippen LogP contribution is 2.13. The molecule has 0 heterocycles. The second-order valence-corrected chi connectivity index (χ2v) is 3.41. The zero-order chi connectivity index (χ0) is 9.68. The Morgan fingerprint density at radius 3 is 2.54 bits per heavy atom. The molecule has 0 aliphatic carbocycles. The van der Waals surface area contributed by atoms with Crippen molar-refractivity contribution < 1.29 is 4.74 Å². The standard InChI is InChI=1S/C10H9ClOS/c1-2-3-8-4-6-9(7-5-8)12-10(11)13/h2,4-7H,1,3H2. The molecule has 1 aromatic carbocycles. The van der Waals surface area contributed by atoms with Gasteiger partial charge in [0.05, 0.1) is 0 Å². The van der Waals surface area contributed by atoms with Crippen LogP contribution in [0, 0.1) is 0 Å². The fourth-order valence-corrected chi connectivity index (χ4v) is 1.14. The summed E-state index contributed by atoms with van der Waals surface area (Å²) >= 11 is 9.99. The fraction of sp³-hybridized carbons (Fsp3) is 0.100. The minimum absolute atomic E-state index is 0.0106. The first-order valence-electron chi connectivity index (χ1n) is 3.79. The number of ether oxygens (including phenoxy) is 1. The molecular formula is C10H9ClOS. The van der Waals surface area contributed by atoms with Crippen LogP contribution in [0.25, 0.3) is 0 Å². The van der Waals surface area contributed by atoms with E-state index in [1.807, 2.05) is 30.3 Å². The van der Waals surface area contributed by atoms with Gasteiger partial charge in [-0.2, -0.15) is 0 Å². The van der Waals surface area contributed by atoms with Crippen LogP contribution < -0.4 is 4.74 Å². The van der Waals surface area contributed by atoms with Crippen molar-refractivity contribution in [2.45, 2.75) is 6.42 Å². The second-order valence-electron chi connectivity index (χ2n) is 2.48. The Morgan fingerprint density at radius 1 is 1.46 bits per heavy atom. The third-order valence-corrected chi connectivity index (χ3v) is 1.66. The minimum Gasteiger partial charge on any atom is -0.436 e. The largest absolute Gasteiger partial charge is 0.436 e. The summed E-state index contributed by atoms with van der Waals surface area (Å²) in [6.45, 7) is 3.65. The van der Waals surface area contributed by atoms with Gasteiger partial charge >= 0.3 is 0 Å². The molecular weight excluding hydrogens is 204 g/mol. The van der Waals surface area contributed by atoms with Crippen molar-refractivity contribution in [2.75, 3.05) is 0 Å². The molecule has 0 spiro atoms. The molecule has 0 N–H and O–H groups in total. The Labute approximate surface area is 88.0 Å². The van der Waals surface area contributed by atoms with Gasteiger partial charge in [0.25, 0.3) is 4.51 Å². The van der Waals surface area contributed by atoms with E-state index >= 15 is 0 Å². The smallest absolute Gasteiger partial charge is 0.260 e. The summed E-state index contributed by atoms with van der Waals surface area (Å²) in [5.41, 5.74) is 1.18. The van der Waals surface area contributed by atoms with E-state index in [9.17, 15) is 0 Å². The maximum Gasteiger partial charge on any atom is 0.260 e. The van der Waals surface area contributed by atoms with E-state index in [-0.39, 0.29) is 4.51 Å². The second kappa shape index (κ2) is 5.00. The van der Waals surface area contributed by atoms with Gasteiger partial charge in [-0.1, -0.05) is 18.2 Å². The molecule has 1 nitrogen and oxygen atoms in total. The van der Waals surface area contributed by atoms with Crippen molar-refractivity contribution in [3.05, 3.63) is 42.5 Å². The average Bonchev–Trinajstić information content (AvgIpc) is 2.08. The van der Waals surface area contributed by atoms with Gasteiger partial charge in [-0.15, -0.1) is 6.58 Å². The maximum atomic E-state index is 5.41. The SMILES string of the molecule is C=CCc1ccc(OC(=S)Cl)cc1. The lowest BCUT2D eigenvalue weighted by molar-refractivity contribution is 0.577. The molecule has 3 heteroatoms. The predicted octanol–water partition coefficient (Wildman–Crippen LogP) is 3.32. The number of allylic oxidation sites excluding steroid dienone is 1. The summed E-state index contributed by atoms with van der Waals surface area (Å²) in [6, 6.07) is 7.55. The van der Waals surface area contributed by atoms with Gasteiger partial charge in [0.1, 0.15) is 5.75 Å². The molecule has 0 aliphatic rings. The molecule has 68 valence electrons. The quantitative estimate of drug-likeness (QED) is 0.432. The first kappa shape index (κ1) is 10.2. The van der Waals surface area contributed by atoms with E-state index in [4.69, 9.17) is 16.3 Å². The van der Waals surface area contributed by atoms with Gasteiger partial charge in [0, 0.05) is 0 Å². The molecule has 1 rings (SSSR count). The summed E-state index contributed by atoms with van der Waals surface area (Å²) < 4.78 is 5.03. The van der Waals surface area contributed by atoms with Crippen molar-refractivity contribution in [1.29, 1.82) is 0 Å². The molecule has 0 amide bonds. The Morgan fingerprint density at radius 2 is 2.08 bits per heavy atom. The summed E-state index contributed by atoms with van der Waals surface area (Å²) in [5, 5.41) is 0. The molecule has 0 atom stereocenters. The first-order valence-corrected chi connectivity index (χ1v) is 4.58. The summed E-state index contributed by atoms with van der Waals surface area (Å²) in [6.07, 6.45) is 2.70. The molecule has 0 aromatic heterocycles. The van der Waals surface area contributed by atoms with Gasteiger partial charge < -0.3 is 4.74 Å². The Balaban J connectivity index is 2.69. The van der Waals surface area contributed by atoms with Crippen LogP contribution in [0.4, 0.5) is 0 Å². The maximum absolute atomic E-state index is 5.41. The van der Waals surface area contributed by atoms with Gasteiger partial charge in [0.15, 0.2) is 0 Å². The number of halogens is 1. The molecule has 0 unspecified atom stereocenters. The zero-order valence-corrected chi connectivity index (χ0v) is 8.57. The van der Waals surface area contributed by atoms with Crippen molar-refractivity contribution in [2.24, 2.45) is 0 Å². The van der Waals surface area contributed by atoms with E-state index < -0.39 is 0 Å². The molecule has 0 aliphatic heterocycles. The van der Waals surface area contributed by atoms with E-state index in [0.717, 1.165) is 6.42 Å². The van der Waals surface area contributed by atoms with Crippen molar-refractivity contribution in [3.8, 4) is 5.75 Å². The molecule has 0 saturated carbocycles. The molecule has 1 aromatic rings. The first-order chi connectivity index (χ1) is 6.22. The van der Waals surface area contributed by atoms with E-state index in [2.05, 4.69) is 18.8 Å². The monoisotopic (exact) mass is 212 g/mol. The average molecular weight is 213 g/mol. The Hall–Kier alpha value is -0.860. The predicted molar refractivity (Wildman–Crippen MR) is 59.4 cm³/mol. The lowest BCUT2D eigenvalue weighted by atomic mass is 10.1. The van der Waals surface area contributed by atoms with Crippen LogP contribution in [-0.4, -0.2) is 4.51 Å². The minimum atomic E-state index is 0.0106. The van der Waals surface area contributed by atoms with E-state index in [1.54, 1.807) is 0 Å². The Kier molecular flexibility index (Phi) is 3.93. The van der Waals surface area contributed by atoms with Crippen LogP contribution in [0.1, 0.15) is 5.56 Å². The number of benzene rings is 1. The lowest BCUT2D eigenvalue weighted by Crippen LogP contribution is -1.95. The Bertz CT molecular complexity index is 305. The highest BCUT2D eigenvalue weighted by molar-refractivity contribution is 7.82. The number of hydrogen-bond donors (Lipinski definition) is 0. The fourth-order valence-electron chi connectivity index (χ4n) is 0.953. The number of thiocarbonyl (C=S) groups is 1. The van der Waals surface area contributed by atoms with Crippen LogP contribution in [0.3, 0.4) is 0 Å². The van der Waals surface area contributed by atoms with E-state index in [0.29, 0.717) is 5.75 Å². The van der Waals surface area contributed by atoms with Gasteiger partial charge in [-0.3, -0.25) is 0 Å². The highest BCUT2D eigenvalue weighted by Gasteiger charge is 1.95. The van der Waals surface area contributed by atoms with Crippen molar-refractivity contribution in [1.82, 2.24) is 0 Å². The molecule has 0 radical (unpaired) electrons. The zero-order valence-electron chi connectivity index (χ0n) is 7.00. The van der Waals surface area contributed by atoms with Crippen molar-refractivity contribution in [3.63, 3.8) is 0 Å². The molecule has 0 bridgehead atoms. The third-order valence-electron chi connectivity index (χ3n) is 1.50. The molecule has 0 saturated heterocycles. The van der Waals surface area contributed by atoms with Crippen LogP contribution >= 0.6 is 23.8 Å². The van der Waals surface area contributed by atoms with Gasteiger partial charge in [0.2, 0.25) is 0 Å². The van der Waals surface area contributed by atoms with Crippen molar-refractivity contribution >= 4 is 28.3 Å². The third kappa shape index (κ3) is 3.57. The summed E-state index contributed by atoms with van der Waals surface area (Å²) in [4.78, 5) is 0. The van der Waals surface area contributed by atoms with Crippen LogP contribution in [0.5, 0.6) is 5.75 Å². The summed E-state index contributed by atoms with van der Waals surface area (Å²) in [7, 11) is 0. The summed E-state index contributed by atoms with van der Waals surface area (Å²) in [5.74, 6) is 0.660. The number of hydrogen-bond acceptors (Lipinski definition) is 2. The lowest BCUT2D eigenvalue weighted by Gasteiger charge is -2.01. The topological polar surface area (TPSA) is 9.23 Å². The van der Waals surface area contributed by atoms with Gasteiger partial charge in [-0.05, 0) is 47.9 Å². The highest BCUT2D eigenvalue weighted by atomic mass is 35.5. The molecule has 13 heavy (non-hydrogen) atoms. The van der Waals surface area contributed by atoms with Crippen LogP contribution in [0.15, 0.2) is 36.9 Å².